The largest absolute Gasteiger partial charge is 0.380 e. The van der Waals surface area contributed by atoms with E-state index < -0.39 is 9.84 Å². The summed E-state index contributed by atoms with van der Waals surface area (Å²) >= 11 is 0. The summed E-state index contributed by atoms with van der Waals surface area (Å²) < 4.78 is 23.9. The van der Waals surface area contributed by atoms with Crippen molar-refractivity contribution in [1.29, 1.82) is 0 Å². The molecule has 0 aromatic heterocycles. The Morgan fingerprint density at radius 2 is 1.70 bits per heavy atom. The minimum Gasteiger partial charge on any atom is -0.380 e. The smallest absolute Gasteiger partial charge is 0.177 e. The molecule has 23 heavy (non-hydrogen) atoms. The van der Waals surface area contributed by atoms with Gasteiger partial charge in [-0.3, -0.25) is 4.79 Å². The number of anilines is 1. The van der Waals surface area contributed by atoms with Gasteiger partial charge in [0, 0.05) is 18.4 Å². The average molecular weight is 331 g/mol. The van der Waals surface area contributed by atoms with Crippen LogP contribution in [0.4, 0.5) is 5.69 Å². The second kappa shape index (κ2) is 6.54. The fourth-order valence-electron chi connectivity index (χ4n) is 2.52. The predicted molar refractivity (Wildman–Crippen MR) is 92.8 cm³/mol. The van der Waals surface area contributed by atoms with Crippen LogP contribution >= 0.6 is 0 Å². The molecule has 0 atom stereocenters. The van der Waals surface area contributed by atoms with Crippen molar-refractivity contribution >= 4 is 21.3 Å². The number of carbonyl (C=O) groups excluding carboxylic acids is 1. The van der Waals surface area contributed by atoms with Crippen molar-refractivity contribution in [2.75, 3.05) is 11.6 Å². The van der Waals surface area contributed by atoms with E-state index in [0.717, 1.165) is 16.7 Å². The average Bonchev–Trinajstić information content (AvgIpc) is 2.45. The topological polar surface area (TPSA) is 63.2 Å². The van der Waals surface area contributed by atoms with E-state index in [1.165, 1.54) is 19.2 Å². The first-order valence-electron chi connectivity index (χ1n) is 7.34. The molecule has 0 aliphatic heterocycles. The molecule has 0 spiro atoms. The van der Waals surface area contributed by atoms with Gasteiger partial charge in [0.05, 0.1) is 10.6 Å². The lowest BCUT2D eigenvalue weighted by atomic mass is 10.0. The van der Waals surface area contributed by atoms with Gasteiger partial charge in [-0.1, -0.05) is 18.2 Å². The van der Waals surface area contributed by atoms with Gasteiger partial charge in [-0.05, 0) is 55.7 Å². The number of aryl methyl sites for hydroxylation is 2. The van der Waals surface area contributed by atoms with Crippen molar-refractivity contribution < 1.29 is 13.2 Å². The molecule has 0 heterocycles. The summed E-state index contributed by atoms with van der Waals surface area (Å²) in [4.78, 5) is 11.8. The van der Waals surface area contributed by atoms with Gasteiger partial charge >= 0.3 is 0 Å². The molecule has 122 valence electrons. The van der Waals surface area contributed by atoms with Gasteiger partial charge in [-0.15, -0.1) is 0 Å². The first-order chi connectivity index (χ1) is 10.7. The van der Waals surface area contributed by atoms with E-state index in [1.54, 1.807) is 12.1 Å². The van der Waals surface area contributed by atoms with Gasteiger partial charge in [-0.2, -0.15) is 0 Å². The van der Waals surface area contributed by atoms with E-state index in [-0.39, 0.29) is 10.7 Å². The van der Waals surface area contributed by atoms with Crippen LogP contribution in [0.2, 0.25) is 0 Å². The molecule has 2 aromatic carbocycles. The second-order valence-electron chi connectivity index (χ2n) is 5.76. The van der Waals surface area contributed by atoms with Crippen LogP contribution in [0.25, 0.3) is 0 Å². The van der Waals surface area contributed by atoms with Gasteiger partial charge in [0.1, 0.15) is 0 Å². The maximum absolute atomic E-state index is 12.0. The Balaban J connectivity index is 2.41. The standard InChI is InChI=1S/C18H21NO3S/c1-12-6-5-7-13(2)16(12)11-19-17-10-15(14(3)20)8-9-18(17)23(4,21)22/h5-10,19H,11H2,1-4H3. The molecule has 0 unspecified atom stereocenters. The molecule has 0 aliphatic rings. The molecule has 0 aliphatic carbocycles. The van der Waals surface area contributed by atoms with Gasteiger partial charge in [0.25, 0.3) is 0 Å². The van der Waals surface area contributed by atoms with E-state index in [4.69, 9.17) is 0 Å². The van der Waals surface area contributed by atoms with Crippen molar-refractivity contribution in [2.45, 2.75) is 32.2 Å². The van der Waals surface area contributed by atoms with Crippen LogP contribution in [-0.4, -0.2) is 20.5 Å². The molecule has 0 fully saturated rings. The summed E-state index contributed by atoms with van der Waals surface area (Å²) in [6.45, 7) is 6.01. The molecule has 0 saturated carbocycles. The minimum absolute atomic E-state index is 0.0971. The highest BCUT2D eigenvalue weighted by atomic mass is 32.2. The zero-order valence-corrected chi connectivity index (χ0v) is 14.6. The third-order valence-corrected chi connectivity index (χ3v) is 5.04. The van der Waals surface area contributed by atoms with E-state index in [0.29, 0.717) is 17.8 Å². The lowest BCUT2D eigenvalue weighted by molar-refractivity contribution is 0.101. The lowest BCUT2D eigenvalue weighted by Crippen LogP contribution is -2.09. The summed E-state index contributed by atoms with van der Waals surface area (Å²) in [6.07, 6.45) is 1.17. The number of rotatable bonds is 5. The van der Waals surface area contributed by atoms with Gasteiger partial charge in [-0.25, -0.2) is 8.42 Å². The highest BCUT2D eigenvalue weighted by Gasteiger charge is 2.15. The number of Topliss-reactive ketones (excluding diaryl/α,β-unsaturated/α-hetero) is 1. The Hall–Kier alpha value is -2.14. The van der Waals surface area contributed by atoms with Crippen LogP contribution in [0, 0.1) is 13.8 Å². The molecular formula is C18H21NO3S. The van der Waals surface area contributed by atoms with Gasteiger partial charge < -0.3 is 5.32 Å². The first-order valence-corrected chi connectivity index (χ1v) is 9.23. The summed E-state index contributed by atoms with van der Waals surface area (Å²) in [5.41, 5.74) is 4.35. The van der Waals surface area contributed by atoms with E-state index in [2.05, 4.69) is 5.32 Å². The lowest BCUT2D eigenvalue weighted by Gasteiger charge is -2.15. The summed E-state index contributed by atoms with van der Waals surface area (Å²) in [5.74, 6) is -0.0971. The molecule has 0 radical (unpaired) electrons. The van der Waals surface area contributed by atoms with Crippen molar-refractivity contribution in [2.24, 2.45) is 0 Å². The molecule has 5 heteroatoms. The quantitative estimate of drug-likeness (QED) is 0.852. The van der Waals surface area contributed by atoms with Crippen molar-refractivity contribution in [3.8, 4) is 0 Å². The number of carbonyl (C=O) groups is 1. The number of sulfone groups is 1. The zero-order valence-electron chi connectivity index (χ0n) is 13.8. The SMILES string of the molecule is CC(=O)c1ccc(S(C)(=O)=O)c(NCc2c(C)cccc2C)c1. The third kappa shape index (κ3) is 3.99. The first kappa shape index (κ1) is 17.2. The number of nitrogens with one attached hydrogen (secondary N) is 1. The van der Waals surface area contributed by atoms with Crippen LogP contribution in [-0.2, 0) is 16.4 Å². The van der Waals surface area contributed by atoms with Crippen LogP contribution in [0.1, 0.15) is 34.0 Å². The van der Waals surface area contributed by atoms with Crippen LogP contribution in [0.15, 0.2) is 41.3 Å². The van der Waals surface area contributed by atoms with Crippen LogP contribution < -0.4 is 5.32 Å². The number of hydrogen-bond donors (Lipinski definition) is 1. The van der Waals surface area contributed by atoms with E-state index in [9.17, 15) is 13.2 Å². The maximum Gasteiger partial charge on any atom is 0.177 e. The fraction of sp³-hybridized carbons (Fsp3) is 0.278. The number of benzene rings is 2. The maximum atomic E-state index is 12.0. The van der Waals surface area contributed by atoms with Gasteiger partial charge in [0.15, 0.2) is 15.6 Å². The van der Waals surface area contributed by atoms with Crippen LogP contribution in [0.5, 0.6) is 0 Å². The molecule has 0 amide bonds. The highest BCUT2D eigenvalue weighted by molar-refractivity contribution is 7.90. The second-order valence-corrected chi connectivity index (χ2v) is 7.75. The Labute approximate surface area is 137 Å². The van der Waals surface area contributed by atoms with Crippen LogP contribution in [0.3, 0.4) is 0 Å². The normalized spacial score (nSPS) is 11.3. The molecule has 1 N–H and O–H groups in total. The predicted octanol–water partition coefficient (Wildman–Crippen LogP) is 3.52. The van der Waals surface area contributed by atoms with Crippen molar-refractivity contribution in [1.82, 2.24) is 0 Å². The summed E-state index contributed by atoms with van der Waals surface area (Å²) in [5, 5.41) is 3.18. The van der Waals surface area contributed by atoms with Gasteiger partial charge in [0.2, 0.25) is 0 Å². The molecular weight excluding hydrogens is 310 g/mol. The number of hydrogen-bond acceptors (Lipinski definition) is 4. The monoisotopic (exact) mass is 331 g/mol. The summed E-state index contributed by atoms with van der Waals surface area (Å²) in [6, 6.07) is 10.7. The molecule has 2 rings (SSSR count). The molecule has 0 saturated heterocycles. The fourth-order valence-corrected chi connectivity index (χ4v) is 3.37. The molecule has 0 bridgehead atoms. The highest BCUT2D eigenvalue weighted by Crippen LogP contribution is 2.25. The van der Waals surface area contributed by atoms with E-state index >= 15 is 0 Å². The third-order valence-electron chi connectivity index (χ3n) is 3.89. The zero-order chi connectivity index (χ0) is 17.2. The molecule has 2 aromatic rings. The molecule has 4 nitrogen and oxygen atoms in total. The van der Waals surface area contributed by atoms with Crippen molar-refractivity contribution in [3.05, 3.63) is 58.7 Å². The van der Waals surface area contributed by atoms with Crippen molar-refractivity contribution in [3.63, 3.8) is 0 Å². The minimum atomic E-state index is -3.37. The summed E-state index contributed by atoms with van der Waals surface area (Å²) in [7, 11) is -3.37. The Bertz CT molecular complexity index is 834. The Kier molecular flexibility index (Phi) is 4.90. The Morgan fingerprint density at radius 1 is 1.09 bits per heavy atom. The number of ketones is 1. The Morgan fingerprint density at radius 3 is 2.22 bits per heavy atom. The van der Waals surface area contributed by atoms with E-state index in [1.807, 2.05) is 32.0 Å².